The molecule has 1 aliphatic heterocycles. The Morgan fingerprint density at radius 1 is 1.19 bits per heavy atom. The van der Waals surface area contributed by atoms with Crippen LogP contribution in [0.3, 0.4) is 0 Å². The fourth-order valence-electron chi connectivity index (χ4n) is 3.49. The highest BCUT2D eigenvalue weighted by atomic mass is 16.5. The minimum Gasteiger partial charge on any atom is -0.484 e. The number of carbonyl (C=O) groups is 1. The van der Waals surface area contributed by atoms with E-state index in [1.165, 1.54) is 0 Å². The van der Waals surface area contributed by atoms with E-state index in [0.29, 0.717) is 5.92 Å². The van der Waals surface area contributed by atoms with Gasteiger partial charge < -0.3 is 14.4 Å². The lowest BCUT2D eigenvalue weighted by atomic mass is 9.94. The molecule has 26 heavy (non-hydrogen) atoms. The molecule has 1 saturated heterocycles. The minimum atomic E-state index is 0.0802. The van der Waals surface area contributed by atoms with Crippen LogP contribution in [0, 0.1) is 5.92 Å². The molecule has 1 aromatic carbocycles. The van der Waals surface area contributed by atoms with Crippen LogP contribution >= 0.6 is 0 Å². The van der Waals surface area contributed by atoms with Gasteiger partial charge >= 0.3 is 0 Å². The van der Waals surface area contributed by atoms with Crippen LogP contribution in [0.25, 0.3) is 0 Å². The van der Waals surface area contributed by atoms with Crippen molar-refractivity contribution in [3.05, 3.63) is 42.5 Å². The fourth-order valence-corrected chi connectivity index (χ4v) is 3.49. The van der Waals surface area contributed by atoms with Gasteiger partial charge in [-0.1, -0.05) is 30.4 Å². The monoisotopic (exact) mass is 358 g/mol. The van der Waals surface area contributed by atoms with Crippen molar-refractivity contribution < 1.29 is 14.3 Å². The second kappa shape index (κ2) is 10.3. The third-order valence-corrected chi connectivity index (χ3v) is 5.10. The molecule has 0 bridgehead atoms. The first-order valence-corrected chi connectivity index (χ1v) is 9.72. The normalized spacial score (nSPS) is 20.7. The Morgan fingerprint density at radius 3 is 2.73 bits per heavy atom. The summed E-state index contributed by atoms with van der Waals surface area (Å²) in [5.41, 5.74) is 0. The van der Waals surface area contributed by atoms with Crippen molar-refractivity contribution in [1.82, 2.24) is 9.80 Å². The van der Waals surface area contributed by atoms with Crippen LogP contribution in [0.4, 0.5) is 0 Å². The Bertz CT molecular complexity index is 570. The van der Waals surface area contributed by atoms with Crippen molar-refractivity contribution in [3.8, 4) is 5.75 Å². The highest BCUT2D eigenvalue weighted by Gasteiger charge is 2.21. The van der Waals surface area contributed by atoms with E-state index in [1.54, 1.807) is 0 Å². The van der Waals surface area contributed by atoms with Gasteiger partial charge in [-0.15, -0.1) is 0 Å². The van der Waals surface area contributed by atoms with Crippen LogP contribution < -0.4 is 4.74 Å². The van der Waals surface area contributed by atoms with Gasteiger partial charge in [0.05, 0.1) is 13.2 Å². The van der Waals surface area contributed by atoms with Crippen LogP contribution in [0.15, 0.2) is 42.5 Å². The maximum absolute atomic E-state index is 12.8. The average molecular weight is 358 g/mol. The molecule has 0 saturated carbocycles. The quantitative estimate of drug-likeness (QED) is 0.670. The van der Waals surface area contributed by atoms with Crippen LogP contribution in [0.5, 0.6) is 5.75 Å². The number of rotatable bonds is 8. The molecule has 0 aromatic heterocycles. The Hall–Kier alpha value is -1.85. The molecule has 0 N–H and O–H groups in total. The average Bonchev–Trinajstić information content (AvgIpc) is 2.71. The summed E-state index contributed by atoms with van der Waals surface area (Å²) >= 11 is 0. The second-order valence-corrected chi connectivity index (χ2v) is 7.05. The zero-order valence-electron chi connectivity index (χ0n) is 15.5. The molecule has 1 heterocycles. The smallest absolute Gasteiger partial charge is 0.260 e. The van der Waals surface area contributed by atoms with Gasteiger partial charge in [-0.3, -0.25) is 9.69 Å². The van der Waals surface area contributed by atoms with E-state index < -0.39 is 0 Å². The van der Waals surface area contributed by atoms with Gasteiger partial charge in [-0.05, 0) is 37.3 Å². The van der Waals surface area contributed by atoms with Gasteiger partial charge in [-0.25, -0.2) is 0 Å². The summed E-state index contributed by atoms with van der Waals surface area (Å²) in [4.78, 5) is 17.2. The lowest BCUT2D eigenvalue weighted by Crippen LogP contribution is -2.45. The van der Waals surface area contributed by atoms with Crippen molar-refractivity contribution >= 4 is 5.91 Å². The molecular weight excluding hydrogens is 328 g/mol. The second-order valence-electron chi connectivity index (χ2n) is 7.05. The van der Waals surface area contributed by atoms with Crippen LogP contribution in [0.1, 0.15) is 19.3 Å². The Labute approximate surface area is 156 Å². The number of hydrogen-bond acceptors (Lipinski definition) is 4. The molecule has 5 heteroatoms. The van der Waals surface area contributed by atoms with E-state index in [1.807, 2.05) is 35.2 Å². The predicted octanol–water partition coefficient (Wildman–Crippen LogP) is 2.58. The molecule has 5 nitrogen and oxygen atoms in total. The number of carbonyl (C=O) groups excluding carboxylic acids is 1. The van der Waals surface area contributed by atoms with E-state index in [0.717, 1.165) is 70.9 Å². The summed E-state index contributed by atoms with van der Waals surface area (Å²) in [5.74, 6) is 1.39. The first kappa shape index (κ1) is 18.9. The Morgan fingerprint density at radius 2 is 2.00 bits per heavy atom. The van der Waals surface area contributed by atoms with Gasteiger partial charge in [0, 0.05) is 32.7 Å². The van der Waals surface area contributed by atoms with E-state index in [2.05, 4.69) is 17.1 Å². The molecule has 0 unspecified atom stereocenters. The Balaban J connectivity index is 1.53. The lowest BCUT2D eigenvalue weighted by Gasteiger charge is -2.32. The molecule has 0 spiro atoms. The van der Waals surface area contributed by atoms with Gasteiger partial charge in [0.25, 0.3) is 5.91 Å². The number of hydrogen-bond donors (Lipinski definition) is 0. The van der Waals surface area contributed by atoms with Gasteiger partial charge in [0.2, 0.25) is 0 Å². The molecule has 2 aliphatic rings. The SMILES string of the molecule is O=C(COc1ccccc1)N(CCN1CCOCC1)C[C@H]1CC=CCC1. The molecule has 0 radical (unpaired) electrons. The largest absolute Gasteiger partial charge is 0.484 e. The topological polar surface area (TPSA) is 42.0 Å². The zero-order valence-corrected chi connectivity index (χ0v) is 15.5. The number of amides is 1. The van der Waals surface area contributed by atoms with E-state index in [4.69, 9.17) is 9.47 Å². The maximum Gasteiger partial charge on any atom is 0.260 e. The highest BCUT2D eigenvalue weighted by molar-refractivity contribution is 5.77. The number of ether oxygens (including phenoxy) is 2. The maximum atomic E-state index is 12.8. The first-order valence-electron chi connectivity index (χ1n) is 9.72. The van der Waals surface area contributed by atoms with Crippen molar-refractivity contribution in [1.29, 1.82) is 0 Å². The van der Waals surface area contributed by atoms with E-state index in [-0.39, 0.29) is 12.5 Å². The van der Waals surface area contributed by atoms with E-state index >= 15 is 0 Å². The molecular formula is C21H30N2O3. The molecule has 3 rings (SSSR count). The van der Waals surface area contributed by atoms with Crippen LogP contribution in [-0.2, 0) is 9.53 Å². The van der Waals surface area contributed by atoms with Crippen molar-refractivity contribution in [3.63, 3.8) is 0 Å². The predicted molar refractivity (Wildman–Crippen MR) is 102 cm³/mol. The third kappa shape index (κ3) is 6.15. The molecule has 1 aliphatic carbocycles. The number of benzene rings is 1. The summed E-state index contributed by atoms with van der Waals surface area (Å²) in [6, 6.07) is 9.56. The fraction of sp³-hybridized carbons (Fsp3) is 0.571. The summed E-state index contributed by atoms with van der Waals surface area (Å²) < 4.78 is 11.1. The summed E-state index contributed by atoms with van der Waals surface area (Å²) in [6.45, 7) is 6.09. The highest BCUT2D eigenvalue weighted by Crippen LogP contribution is 2.19. The zero-order chi connectivity index (χ0) is 18.0. The number of morpholine rings is 1. The molecule has 1 atom stereocenters. The molecule has 1 amide bonds. The van der Waals surface area contributed by atoms with E-state index in [9.17, 15) is 4.79 Å². The summed E-state index contributed by atoms with van der Waals surface area (Å²) in [7, 11) is 0. The summed E-state index contributed by atoms with van der Waals surface area (Å²) in [6.07, 6.45) is 7.85. The van der Waals surface area contributed by atoms with Crippen LogP contribution in [-0.4, -0.2) is 68.3 Å². The van der Waals surface area contributed by atoms with Crippen molar-refractivity contribution in [2.24, 2.45) is 5.92 Å². The minimum absolute atomic E-state index is 0.0802. The van der Waals surface area contributed by atoms with Gasteiger partial charge in [-0.2, -0.15) is 0 Å². The van der Waals surface area contributed by atoms with Gasteiger partial charge in [0.15, 0.2) is 6.61 Å². The molecule has 1 fully saturated rings. The summed E-state index contributed by atoms with van der Waals surface area (Å²) in [5, 5.41) is 0. The molecule has 1 aromatic rings. The number of nitrogens with zero attached hydrogens (tertiary/aromatic N) is 2. The van der Waals surface area contributed by atoms with Crippen molar-refractivity contribution in [2.45, 2.75) is 19.3 Å². The number of allylic oxidation sites excluding steroid dienone is 2. The van der Waals surface area contributed by atoms with Crippen molar-refractivity contribution in [2.75, 3.05) is 52.5 Å². The standard InChI is InChI=1S/C21H30N2O3/c24-21(18-26-20-9-5-2-6-10-20)23(17-19-7-3-1-4-8-19)12-11-22-13-15-25-16-14-22/h1-3,5-6,9-10,19H,4,7-8,11-18H2/t19-/m0/s1. The number of para-hydroxylation sites is 1. The first-order chi connectivity index (χ1) is 12.8. The van der Waals surface area contributed by atoms with Gasteiger partial charge in [0.1, 0.15) is 5.75 Å². The molecule has 142 valence electrons. The Kier molecular flexibility index (Phi) is 7.52. The van der Waals surface area contributed by atoms with Crippen LogP contribution in [0.2, 0.25) is 0 Å². The third-order valence-electron chi connectivity index (χ3n) is 5.10. The lowest BCUT2D eigenvalue weighted by molar-refractivity contribution is -0.134.